The molecule has 4 fully saturated rings. The number of benzene rings is 1. The van der Waals surface area contributed by atoms with E-state index in [1.165, 1.54) is 11.3 Å². The van der Waals surface area contributed by atoms with E-state index < -0.39 is 29.5 Å². The number of rotatable bonds is 7. The number of carbonyl (C=O) groups is 3. The number of fused-ring (bicyclic) bond motifs is 1. The Hall–Kier alpha value is -2.45. The maximum Gasteiger partial charge on any atom is 0.246 e. The van der Waals surface area contributed by atoms with E-state index >= 15 is 0 Å². The Morgan fingerprint density at radius 3 is 2.59 bits per heavy atom. The van der Waals surface area contributed by atoms with Crippen LogP contribution in [0.3, 0.4) is 0 Å². The van der Waals surface area contributed by atoms with Gasteiger partial charge in [0.2, 0.25) is 17.7 Å². The van der Waals surface area contributed by atoms with Gasteiger partial charge in [-0.3, -0.25) is 14.4 Å². The molecule has 184 valence electrons. The molecule has 1 aliphatic carbocycles. The number of amides is 3. The zero-order chi connectivity index (χ0) is 23.9. The van der Waals surface area contributed by atoms with E-state index in [9.17, 15) is 19.5 Å². The lowest BCUT2D eigenvalue weighted by molar-refractivity contribution is -0.145. The molecule has 2 bridgehead atoms. The summed E-state index contributed by atoms with van der Waals surface area (Å²) in [5.74, 6) is -2.02. The van der Waals surface area contributed by atoms with Crippen molar-refractivity contribution >= 4 is 17.7 Å². The van der Waals surface area contributed by atoms with E-state index in [2.05, 4.69) is 10.6 Å². The largest absolute Gasteiger partial charge is 0.394 e. The molecule has 1 aromatic carbocycles. The van der Waals surface area contributed by atoms with E-state index in [0.29, 0.717) is 19.4 Å². The molecular weight excluding hydrogens is 434 g/mol. The molecule has 8 heteroatoms. The number of carbonyl (C=O) groups excluding carboxylic acids is 3. The van der Waals surface area contributed by atoms with Crippen LogP contribution in [0.5, 0.6) is 0 Å². The van der Waals surface area contributed by atoms with Crippen molar-refractivity contribution in [3.05, 3.63) is 35.9 Å². The molecule has 4 aliphatic rings. The first kappa shape index (κ1) is 23.3. The molecule has 2 unspecified atom stereocenters. The van der Waals surface area contributed by atoms with Crippen LogP contribution < -0.4 is 10.6 Å². The zero-order valence-electron chi connectivity index (χ0n) is 19.7. The van der Waals surface area contributed by atoms with Gasteiger partial charge < -0.3 is 25.4 Å². The molecule has 3 heterocycles. The van der Waals surface area contributed by atoms with Gasteiger partial charge in [-0.1, -0.05) is 49.6 Å². The van der Waals surface area contributed by atoms with Gasteiger partial charge in [0, 0.05) is 12.6 Å². The van der Waals surface area contributed by atoms with Gasteiger partial charge >= 0.3 is 0 Å². The van der Waals surface area contributed by atoms with Gasteiger partial charge in [-0.15, -0.1) is 0 Å². The number of nitrogens with one attached hydrogen (secondary N) is 2. The monoisotopic (exact) mass is 469 g/mol. The smallest absolute Gasteiger partial charge is 0.246 e. The van der Waals surface area contributed by atoms with Crippen LogP contribution in [-0.4, -0.2) is 64.2 Å². The summed E-state index contributed by atoms with van der Waals surface area (Å²) in [6, 6.07) is 8.37. The molecule has 3 saturated heterocycles. The molecule has 3 amide bonds. The summed E-state index contributed by atoms with van der Waals surface area (Å²) < 4.78 is 6.42. The summed E-state index contributed by atoms with van der Waals surface area (Å²) in [6.45, 7) is 1.86. The first-order valence-corrected chi connectivity index (χ1v) is 12.7. The van der Waals surface area contributed by atoms with Crippen molar-refractivity contribution in [3.63, 3.8) is 0 Å². The minimum absolute atomic E-state index is 0.0988. The fraction of sp³-hybridized carbons (Fsp3) is 0.654. The summed E-state index contributed by atoms with van der Waals surface area (Å²) in [6.07, 6.45) is 6.05. The highest BCUT2D eigenvalue weighted by atomic mass is 16.5. The Labute approximate surface area is 200 Å². The van der Waals surface area contributed by atoms with Crippen molar-refractivity contribution in [2.75, 3.05) is 6.61 Å². The highest BCUT2D eigenvalue weighted by molar-refractivity contribution is 5.99. The van der Waals surface area contributed by atoms with Gasteiger partial charge in [-0.05, 0) is 38.2 Å². The highest BCUT2D eigenvalue weighted by Crippen LogP contribution is 2.58. The molecule has 3 aliphatic heterocycles. The maximum absolute atomic E-state index is 13.7. The van der Waals surface area contributed by atoms with Crippen molar-refractivity contribution in [2.24, 2.45) is 11.8 Å². The predicted molar refractivity (Wildman–Crippen MR) is 124 cm³/mol. The van der Waals surface area contributed by atoms with Gasteiger partial charge in [0.1, 0.15) is 11.6 Å². The minimum Gasteiger partial charge on any atom is -0.394 e. The van der Waals surface area contributed by atoms with Crippen molar-refractivity contribution in [1.82, 2.24) is 15.5 Å². The van der Waals surface area contributed by atoms with Crippen LogP contribution in [0, 0.1) is 11.8 Å². The molecule has 1 aromatic rings. The second kappa shape index (κ2) is 9.30. The molecule has 3 N–H and O–H groups in total. The van der Waals surface area contributed by atoms with Gasteiger partial charge in [-0.25, -0.2) is 0 Å². The average molecular weight is 470 g/mol. The number of aliphatic hydroxyl groups excluding tert-OH is 1. The lowest BCUT2D eigenvalue weighted by atomic mass is 9.70. The number of ether oxygens (including phenoxy) is 1. The van der Waals surface area contributed by atoms with E-state index in [-0.39, 0.29) is 36.5 Å². The van der Waals surface area contributed by atoms with Gasteiger partial charge in [0.15, 0.2) is 0 Å². The Balaban J connectivity index is 1.40. The highest BCUT2D eigenvalue weighted by Gasteiger charge is 2.74. The number of aliphatic hydroxyl groups is 1. The molecule has 1 spiro atoms. The van der Waals surface area contributed by atoms with Gasteiger partial charge in [0.25, 0.3) is 0 Å². The van der Waals surface area contributed by atoms with E-state index in [1.54, 1.807) is 6.92 Å². The molecular formula is C26H35N3O5. The zero-order valence-corrected chi connectivity index (χ0v) is 19.7. The maximum atomic E-state index is 13.7. The third kappa shape index (κ3) is 3.81. The van der Waals surface area contributed by atoms with Crippen molar-refractivity contribution in [3.8, 4) is 0 Å². The molecule has 34 heavy (non-hydrogen) atoms. The molecule has 6 atom stereocenters. The number of likely N-dealkylation sites (tertiary alicyclic amines) is 1. The fourth-order valence-electron chi connectivity index (χ4n) is 6.68. The number of hydrogen-bond acceptors (Lipinski definition) is 5. The van der Waals surface area contributed by atoms with Gasteiger partial charge in [0.05, 0.1) is 30.6 Å². The van der Waals surface area contributed by atoms with Gasteiger partial charge in [-0.2, -0.15) is 0 Å². The SMILES string of the molecule is C[C@H](CO)N1C(=O)[C@@H]2[C@H](C(=O)NCc3ccccc3)[C@@H]3CCC2(O3)C1C(=O)NC1CCCCC1. The van der Waals surface area contributed by atoms with Crippen LogP contribution in [-0.2, 0) is 25.7 Å². The average Bonchev–Trinajstić information content (AvgIpc) is 3.50. The molecule has 8 nitrogen and oxygen atoms in total. The Morgan fingerprint density at radius 2 is 1.88 bits per heavy atom. The second-order valence-corrected chi connectivity index (χ2v) is 10.4. The van der Waals surface area contributed by atoms with Crippen LogP contribution in [0.2, 0.25) is 0 Å². The Kier molecular flexibility index (Phi) is 6.37. The molecule has 5 rings (SSSR count). The number of nitrogens with zero attached hydrogens (tertiary/aromatic N) is 1. The summed E-state index contributed by atoms with van der Waals surface area (Å²) in [7, 11) is 0. The third-order valence-corrected chi connectivity index (χ3v) is 8.29. The predicted octanol–water partition coefficient (Wildman–Crippen LogP) is 1.51. The van der Waals surface area contributed by atoms with E-state index in [1.807, 2.05) is 30.3 Å². The number of hydrogen-bond donors (Lipinski definition) is 3. The van der Waals surface area contributed by atoms with Crippen LogP contribution in [0.4, 0.5) is 0 Å². The summed E-state index contributed by atoms with van der Waals surface area (Å²) >= 11 is 0. The fourth-order valence-corrected chi connectivity index (χ4v) is 6.68. The second-order valence-electron chi connectivity index (χ2n) is 10.4. The Bertz CT molecular complexity index is 934. The lowest BCUT2D eigenvalue weighted by Crippen LogP contribution is -2.59. The third-order valence-electron chi connectivity index (χ3n) is 8.29. The van der Waals surface area contributed by atoms with Crippen LogP contribution in [0.1, 0.15) is 57.4 Å². The van der Waals surface area contributed by atoms with Crippen molar-refractivity contribution < 1.29 is 24.2 Å². The van der Waals surface area contributed by atoms with Crippen LogP contribution in [0.15, 0.2) is 30.3 Å². The minimum atomic E-state index is -1.02. The van der Waals surface area contributed by atoms with E-state index in [0.717, 1.165) is 31.2 Å². The standard InChI is InChI=1S/C26H35N3O5/c1-16(15-30)29-22(24(32)28-18-10-6-3-7-11-18)26-13-12-19(34-26)20(21(26)25(29)33)23(31)27-14-17-8-4-2-5-9-17/h2,4-5,8-9,16,18-22,30H,3,6-7,10-15H2,1H3,(H,27,31)(H,28,32)/t16-,19+,20-,21+,22?,26?/m1/s1. The Morgan fingerprint density at radius 1 is 1.15 bits per heavy atom. The first-order chi connectivity index (χ1) is 16.5. The summed E-state index contributed by atoms with van der Waals surface area (Å²) in [5.41, 5.74) is -0.0359. The molecule has 0 aromatic heterocycles. The topological polar surface area (TPSA) is 108 Å². The molecule has 0 radical (unpaired) electrons. The first-order valence-electron chi connectivity index (χ1n) is 12.7. The van der Waals surface area contributed by atoms with E-state index in [4.69, 9.17) is 4.74 Å². The van der Waals surface area contributed by atoms with Crippen LogP contribution >= 0.6 is 0 Å². The van der Waals surface area contributed by atoms with Crippen molar-refractivity contribution in [1.29, 1.82) is 0 Å². The normalized spacial score (nSPS) is 33.6. The van der Waals surface area contributed by atoms with Crippen molar-refractivity contribution in [2.45, 2.75) is 88.2 Å². The quantitative estimate of drug-likeness (QED) is 0.561. The molecule has 1 saturated carbocycles. The summed E-state index contributed by atoms with van der Waals surface area (Å²) in [5, 5.41) is 16.1. The van der Waals surface area contributed by atoms with Crippen LogP contribution in [0.25, 0.3) is 0 Å². The lowest BCUT2D eigenvalue weighted by Gasteiger charge is -2.37. The summed E-state index contributed by atoms with van der Waals surface area (Å²) in [4.78, 5) is 42.2.